The van der Waals surface area contributed by atoms with Gasteiger partial charge < -0.3 is 0 Å². The summed E-state index contributed by atoms with van der Waals surface area (Å²) in [6.07, 6.45) is 6.47. The molecule has 6 aliphatic carbocycles. The van der Waals surface area contributed by atoms with Gasteiger partial charge in [0.15, 0.2) is 0 Å². The molecular formula is C58H48. The lowest BCUT2D eigenvalue weighted by Crippen LogP contribution is -1.97. The third kappa shape index (κ3) is 4.88. The number of rotatable bonds is 0. The summed E-state index contributed by atoms with van der Waals surface area (Å²) in [6.45, 7) is 8.00. The first-order chi connectivity index (χ1) is 28.8. The highest BCUT2D eigenvalue weighted by Gasteiger charge is 2.38. The van der Waals surface area contributed by atoms with Crippen LogP contribution in [-0.4, -0.2) is 0 Å². The van der Waals surface area contributed by atoms with Gasteiger partial charge in [0.25, 0.3) is 0 Å². The molecule has 6 aliphatic rings. The molecule has 0 nitrogen and oxygen atoms in total. The van der Waals surface area contributed by atoms with Crippen LogP contribution in [0.1, 0.15) is 94.5 Å². The Morgan fingerprint density at radius 2 is 0.379 bits per heavy atom. The maximum atomic E-state index is 2.33. The monoisotopic (exact) mass is 744 g/mol. The van der Waals surface area contributed by atoms with E-state index in [9.17, 15) is 0 Å². The van der Waals surface area contributed by atoms with E-state index in [0.717, 1.165) is 38.5 Å². The molecule has 0 N–H and O–H groups in total. The maximum Gasteiger partial charge on any atom is -0.000695 e. The fourth-order valence-corrected chi connectivity index (χ4v) is 11.4. The number of benzene rings is 8. The highest BCUT2D eigenvalue weighted by atomic mass is 14.4. The molecule has 0 heteroatoms. The van der Waals surface area contributed by atoms with Gasteiger partial charge in [-0.3, -0.25) is 0 Å². The van der Waals surface area contributed by atoms with Crippen LogP contribution in [0.25, 0.3) is 66.8 Å². The Bertz CT molecular complexity index is 2780. The highest BCUT2D eigenvalue weighted by molar-refractivity contribution is 6.03. The quantitative estimate of drug-likeness (QED) is 0.145. The fraction of sp³-hybridized carbons (Fsp3) is 0.172. The van der Waals surface area contributed by atoms with Crippen LogP contribution in [0.5, 0.6) is 0 Å². The average molecular weight is 745 g/mol. The molecule has 8 aromatic carbocycles. The predicted molar refractivity (Wildman–Crippen MR) is 245 cm³/mol. The summed E-state index contributed by atoms with van der Waals surface area (Å²) in [6, 6.07) is 54.2. The molecule has 0 aromatic heterocycles. The van der Waals surface area contributed by atoms with Crippen molar-refractivity contribution in [2.75, 3.05) is 0 Å². The Morgan fingerprint density at radius 1 is 0.207 bits per heavy atom. The molecule has 0 radical (unpaired) electrons. The normalized spacial score (nSPS) is 13.4. The van der Waals surface area contributed by atoms with Crippen LogP contribution >= 0.6 is 0 Å². The molecule has 8 aromatic rings. The second-order valence-corrected chi connectivity index (χ2v) is 16.1. The minimum absolute atomic E-state index is 1.07. The summed E-state index contributed by atoms with van der Waals surface area (Å²) in [5, 5.41) is 0. The van der Waals surface area contributed by atoms with Crippen molar-refractivity contribution >= 4 is 0 Å². The van der Waals surface area contributed by atoms with Crippen molar-refractivity contribution in [1.82, 2.24) is 0 Å². The first-order valence-corrected chi connectivity index (χ1v) is 21.7. The van der Waals surface area contributed by atoms with Crippen molar-refractivity contribution in [1.29, 1.82) is 0 Å². The van der Waals surface area contributed by atoms with E-state index in [0.29, 0.717) is 0 Å². The minimum atomic E-state index is 1.07. The van der Waals surface area contributed by atoms with E-state index in [1.807, 2.05) is 27.7 Å². The number of hydrogen-bond acceptors (Lipinski definition) is 0. The molecule has 0 bridgehead atoms. The third-order valence-electron chi connectivity index (χ3n) is 13.6. The smallest absolute Gasteiger partial charge is 0.000695 e. The molecule has 280 valence electrons. The molecule has 0 spiro atoms. The summed E-state index contributed by atoms with van der Waals surface area (Å²) < 4.78 is 0. The molecule has 58 heavy (non-hydrogen) atoms. The topological polar surface area (TPSA) is 0 Å². The highest BCUT2D eigenvalue weighted by Crippen LogP contribution is 2.58. The Morgan fingerprint density at radius 3 is 0.638 bits per heavy atom. The van der Waals surface area contributed by atoms with E-state index in [4.69, 9.17) is 0 Å². The van der Waals surface area contributed by atoms with Crippen LogP contribution in [0.15, 0.2) is 146 Å². The summed E-state index contributed by atoms with van der Waals surface area (Å²) in [4.78, 5) is 0. The van der Waals surface area contributed by atoms with Crippen LogP contribution in [-0.2, 0) is 38.5 Å². The summed E-state index contributed by atoms with van der Waals surface area (Å²) in [7, 11) is 0. The van der Waals surface area contributed by atoms with Gasteiger partial charge in [-0.05, 0) is 172 Å². The van der Waals surface area contributed by atoms with Crippen LogP contribution in [0.2, 0.25) is 0 Å². The van der Waals surface area contributed by atoms with E-state index in [2.05, 4.69) is 146 Å². The van der Waals surface area contributed by atoms with Gasteiger partial charge in [0, 0.05) is 0 Å². The van der Waals surface area contributed by atoms with Crippen molar-refractivity contribution in [3.63, 3.8) is 0 Å². The molecule has 0 saturated carbocycles. The molecule has 0 saturated heterocycles. The Labute approximate surface area is 343 Å². The van der Waals surface area contributed by atoms with Crippen LogP contribution in [0.4, 0.5) is 0 Å². The molecular weight excluding hydrogens is 697 g/mol. The first kappa shape index (κ1) is 35.0. The predicted octanol–water partition coefficient (Wildman–Crippen LogP) is 14.9. The van der Waals surface area contributed by atoms with Crippen LogP contribution in [0.3, 0.4) is 0 Å². The second-order valence-electron chi connectivity index (χ2n) is 16.1. The number of hydrogen-bond donors (Lipinski definition) is 0. The lowest BCUT2D eigenvalue weighted by atomic mass is 9.86. The average Bonchev–Trinajstić information content (AvgIpc) is 4.14. The van der Waals surface area contributed by atoms with Crippen molar-refractivity contribution in [3.8, 4) is 66.8 Å². The van der Waals surface area contributed by atoms with Crippen molar-refractivity contribution in [3.05, 3.63) is 212 Å². The first-order valence-electron chi connectivity index (χ1n) is 21.7. The Hall–Kier alpha value is -6.24. The van der Waals surface area contributed by atoms with Crippen molar-refractivity contribution in [2.45, 2.75) is 66.2 Å². The van der Waals surface area contributed by atoms with Gasteiger partial charge >= 0.3 is 0 Å². The molecule has 0 atom stereocenters. The van der Waals surface area contributed by atoms with Gasteiger partial charge in [0.2, 0.25) is 0 Å². The molecule has 0 fully saturated rings. The Balaban J connectivity index is 0.000000123. The van der Waals surface area contributed by atoms with E-state index >= 15 is 0 Å². The zero-order valence-corrected chi connectivity index (χ0v) is 34.1. The SMILES string of the molecule is CC.CC.c1ccc2c(c1)Cc1c3c(c4c(c1-2)Cc1ccccc1-4)-c1ccccc1C3.c1ccc2c(c1)Cc1c3c(c4c(c1-2)Cc1ccccc1-4)-c1ccccc1C3. The van der Waals surface area contributed by atoms with Gasteiger partial charge in [-0.1, -0.05) is 173 Å². The standard InChI is InChI=1S/2C27H18.2C2H6/c2*1-4-10-19-16(7-1)13-22-23-14-17-8-2-5-11-20(17)26(23)27-21-12-6-3-9-18(21)15-24(27)25(19)22;2*1-2/h2*1-12H,13-15H2;2*1-2H3. The van der Waals surface area contributed by atoms with E-state index in [1.165, 1.54) is 89.0 Å². The summed E-state index contributed by atoms with van der Waals surface area (Å²) >= 11 is 0. The van der Waals surface area contributed by atoms with Gasteiger partial charge in [-0.15, -0.1) is 0 Å². The van der Waals surface area contributed by atoms with Crippen molar-refractivity contribution in [2.24, 2.45) is 0 Å². The number of fused-ring (bicyclic) bond motifs is 24. The van der Waals surface area contributed by atoms with Crippen LogP contribution < -0.4 is 0 Å². The fourth-order valence-electron chi connectivity index (χ4n) is 11.4. The molecule has 0 heterocycles. The maximum absolute atomic E-state index is 2.33. The van der Waals surface area contributed by atoms with Crippen molar-refractivity contribution < 1.29 is 0 Å². The van der Waals surface area contributed by atoms with E-state index in [1.54, 1.807) is 44.5 Å². The third-order valence-corrected chi connectivity index (χ3v) is 13.6. The van der Waals surface area contributed by atoms with Gasteiger partial charge in [0.1, 0.15) is 0 Å². The molecule has 0 amide bonds. The van der Waals surface area contributed by atoms with E-state index < -0.39 is 0 Å². The van der Waals surface area contributed by atoms with Gasteiger partial charge in [-0.2, -0.15) is 0 Å². The second kappa shape index (κ2) is 13.7. The minimum Gasteiger partial charge on any atom is -0.0683 e. The molecule has 14 rings (SSSR count). The summed E-state index contributed by atoms with van der Waals surface area (Å²) in [5.74, 6) is 0. The largest absolute Gasteiger partial charge is 0.0683 e. The molecule has 0 aliphatic heterocycles. The lowest BCUT2D eigenvalue weighted by molar-refractivity contribution is 1.15. The van der Waals surface area contributed by atoms with Crippen LogP contribution in [0, 0.1) is 0 Å². The zero-order valence-electron chi connectivity index (χ0n) is 34.1. The van der Waals surface area contributed by atoms with Gasteiger partial charge in [-0.25, -0.2) is 0 Å². The summed E-state index contributed by atoms with van der Waals surface area (Å²) in [5.41, 5.74) is 36.3. The Kier molecular flexibility index (Phi) is 8.26. The zero-order chi connectivity index (χ0) is 39.1. The van der Waals surface area contributed by atoms with E-state index in [-0.39, 0.29) is 0 Å². The molecule has 0 unspecified atom stereocenters. The lowest BCUT2D eigenvalue weighted by Gasteiger charge is -2.17. The van der Waals surface area contributed by atoms with Gasteiger partial charge in [0.05, 0.1) is 0 Å².